The number of ether oxygens (including phenoxy) is 1. The smallest absolute Gasteiger partial charge is 0.251 e. The van der Waals surface area contributed by atoms with Crippen molar-refractivity contribution in [2.24, 2.45) is 13.0 Å². The van der Waals surface area contributed by atoms with Crippen LogP contribution in [0.25, 0.3) is 0 Å². The van der Waals surface area contributed by atoms with Gasteiger partial charge >= 0.3 is 0 Å². The molecule has 2 heterocycles. The van der Waals surface area contributed by atoms with Crippen LogP contribution in [0.2, 0.25) is 0 Å². The van der Waals surface area contributed by atoms with Crippen LogP contribution in [0.1, 0.15) is 35.3 Å². The molecule has 156 valence electrons. The van der Waals surface area contributed by atoms with Gasteiger partial charge in [-0.3, -0.25) is 14.4 Å². The second-order valence-electron chi connectivity index (χ2n) is 7.23. The number of carbonyl (C=O) groups is 2. The lowest BCUT2D eigenvalue weighted by molar-refractivity contribution is -0.127. The van der Waals surface area contributed by atoms with Crippen molar-refractivity contribution in [2.75, 3.05) is 13.7 Å². The molecule has 3 rings (SSSR count). The van der Waals surface area contributed by atoms with Crippen molar-refractivity contribution in [2.45, 2.75) is 37.8 Å². The van der Waals surface area contributed by atoms with E-state index in [-0.39, 0.29) is 35.4 Å². The van der Waals surface area contributed by atoms with Crippen LogP contribution in [0.5, 0.6) is 0 Å². The molecule has 0 aromatic carbocycles. The summed E-state index contributed by atoms with van der Waals surface area (Å²) in [6.45, 7) is 0.472. The highest BCUT2D eigenvalue weighted by Gasteiger charge is 2.35. The molecule has 1 aliphatic carbocycles. The molecule has 1 saturated carbocycles. The van der Waals surface area contributed by atoms with Crippen LogP contribution in [0.3, 0.4) is 0 Å². The minimum absolute atomic E-state index is 0.0455. The lowest BCUT2D eigenvalue weighted by atomic mass is 9.83. The van der Waals surface area contributed by atoms with Gasteiger partial charge < -0.3 is 19.9 Å². The summed E-state index contributed by atoms with van der Waals surface area (Å²) >= 11 is 0. The standard InChI is InChI=1S/C19H26N6O4/c1-25-8-6-13(10-17(25)26)19(28)22-15-9-12(3-4-16(15)29-2)18(27)20-7-5-14-11-21-24-23-14/h6,8,10-12,15-16H,3-5,7,9H2,1-2H3,(H,20,27)(H,22,28)(H,21,23,24)/t12-,15+,16+/m0/s1. The summed E-state index contributed by atoms with van der Waals surface area (Å²) in [5.41, 5.74) is 0.823. The fourth-order valence-electron chi connectivity index (χ4n) is 3.56. The first kappa shape index (κ1) is 20.7. The number of pyridine rings is 1. The van der Waals surface area contributed by atoms with E-state index in [1.807, 2.05) is 0 Å². The van der Waals surface area contributed by atoms with Gasteiger partial charge in [-0.25, -0.2) is 0 Å². The normalized spacial score (nSPS) is 21.5. The zero-order valence-electron chi connectivity index (χ0n) is 16.6. The van der Waals surface area contributed by atoms with Gasteiger partial charge in [-0.05, 0) is 25.3 Å². The number of rotatable bonds is 7. The number of amides is 2. The Balaban J connectivity index is 1.57. The van der Waals surface area contributed by atoms with Crippen molar-refractivity contribution >= 4 is 11.8 Å². The monoisotopic (exact) mass is 402 g/mol. The number of hydrogen-bond acceptors (Lipinski definition) is 6. The minimum Gasteiger partial charge on any atom is -0.379 e. The van der Waals surface area contributed by atoms with Crippen LogP contribution in [-0.2, 0) is 23.0 Å². The van der Waals surface area contributed by atoms with Gasteiger partial charge in [-0.2, -0.15) is 15.4 Å². The number of nitrogens with zero attached hydrogens (tertiary/aromatic N) is 3. The van der Waals surface area contributed by atoms with Gasteiger partial charge in [0.15, 0.2) is 0 Å². The molecule has 10 heteroatoms. The van der Waals surface area contributed by atoms with Crippen LogP contribution >= 0.6 is 0 Å². The van der Waals surface area contributed by atoms with Crippen LogP contribution in [0, 0.1) is 5.92 Å². The van der Waals surface area contributed by atoms with E-state index in [0.717, 1.165) is 5.69 Å². The number of nitrogens with one attached hydrogen (secondary N) is 3. The third-order valence-corrected chi connectivity index (χ3v) is 5.29. The average Bonchev–Trinajstić information content (AvgIpc) is 3.23. The maximum absolute atomic E-state index is 12.6. The average molecular weight is 402 g/mol. The van der Waals surface area contributed by atoms with Crippen LogP contribution in [-0.4, -0.2) is 57.6 Å². The zero-order valence-corrected chi connectivity index (χ0v) is 16.6. The lowest BCUT2D eigenvalue weighted by Crippen LogP contribution is -2.50. The van der Waals surface area contributed by atoms with E-state index in [2.05, 4.69) is 26.0 Å². The topological polar surface area (TPSA) is 131 Å². The predicted octanol–water partition coefficient (Wildman–Crippen LogP) is -0.224. The van der Waals surface area contributed by atoms with Gasteiger partial charge in [-0.1, -0.05) is 0 Å². The number of aromatic nitrogens is 4. The van der Waals surface area contributed by atoms with Gasteiger partial charge in [0.2, 0.25) is 5.91 Å². The lowest BCUT2D eigenvalue weighted by Gasteiger charge is -2.35. The third kappa shape index (κ3) is 5.29. The highest BCUT2D eigenvalue weighted by Crippen LogP contribution is 2.27. The molecule has 2 aromatic heterocycles. The second kappa shape index (κ2) is 9.46. The Bertz CT molecular complexity index is 894. The van der Waals surface area contributed by atoms with Gasteiger partial charge in [-0.15, -0.1) is 0 Å². The molecular weight excluding hydrogens is 376 g/mol. The molecule has 0 aliphatic heterocycles. The summed E-state index contributed by atoms with van der Waals surface area (Å²) in [5.74, 6) is -0.606. The molecular formula is C19H26N6O4. The van der Waals surface area contributed by atoms with E-state index >= 15 is 0 Å². The highest BCUT2D eigenvalue weighted by atomic mass is 16.5. The third-order valence-electron chi connectivity index (χ3n) is 5.29. The molecule has 2 amide bonds. The first-order valence-electron chi connectivity index (χ1n) is 9.60. The molecule has 0 saturated heterocycles. The van der Waals surface area contributed by atoms with Gasteiger partial charge in [0.05, 0.1) is 24.0 Å². The van der Waals surface area contributed by atoms with Crippen molar-refractivity contribution in [3.05, 3.63) is 46.1 Å². The molecule has 2 aromatic rings. The summed E-state index contributed by atoms with van der Waals surface area (Å²) in [6.07, 6.45) is 5.43. The Morgan fingerprint density at radius 1 is 1.38 bits per heavy atom. The van der Waals surface area contributed by atoms with E-state index < -0.39 is 0 Å². The largest absolute Gasteiger partial charge is 0.379 e. The van der Waals surface area contributed by atoms with Crippen molar-refractivity contribution in [1.82, 2.24) is 30.6 Å². The molecule has 1 fully saturated rings. The number of hydrogen-bond donors (Lipinski definition) is 3. The molecule has 0 unspecified atom stereocenters. The van der Waals surface area contributed by atoms with Gasteiger partial charge in [0.25, 0.3) is 11.5 Å². The number of methoxy groups -OCH3 is 1. The quantitative estimate of drug-likeness (QED) is 0.587. The molecule has 0 bridgehead atoms. The Labute approximate surface area is 168 Å². The van der Waals surface area contributed by atoms with Gasteiger partial charge in [0.1, 0.15) is 0 Å². The molecule has 10 nitrogen and oxygen atoms in total. The molecule has 29 heavy (non-hydrogen) atoms. The Kier molecular flexibility index (Phi) is 6.76. The Hall–Kier alpha value is -3.01. The van der Waals surface area contributed by atoms with Crippen molar-refractivity contribution in [3.8, 4) is 0 Å². The highest BCUT2D eigenvalue weighted by molar-refractivity contribution is 5.94. The first-order valence-corrected chi connectivity index (χ1v) is 9.60. The van der Waals surface area contributed by atoms with Crippen LogP contribution in [0.4, 0.5) is 0 Å². The van der Waals surface area contributed by atoms with E-state index in [4.69, 9.17) is 4.74 Å². The number of carbonyl (C=O) groups excluding carboxylic acids is 2. The number of aryl methyl sites for hydroxylation is 1. The maximum atomic E-state index is 12.6. The van der Waals surface area contributed by atoms with Crippen molar-refractivity contribution in [3.63, 3.8) is 0 Å². The summed E-state index contributed by atoms with van der Waals surface area (Å²) in [5, 5.41) is 16.1. The Morgan fingerprint density at radius 3 is 2.90 bits per heavy atom. The molecule has 0 radical (unpaired) electrons. The van der Waals surface area contributed by atoms with E-state index in [1.54, 1.807) is 32.6 Å². The van der Waals surface area contributed by atoms with Crippen molar-refractivity contribution in [1.29, 1.82) is 0 Å². The summed E-state index contributed by atoms with van der Waals surface area (Å²) in [4.78, 5) is 36.9. The number of H-pyrrole nitrogens is 1. The van der Waals surface area contributed by atoms with Crippen LogP contribution in [0.15, 0.2) is 29.3 Å². The van der Waals surface area contributed by atoms with Crippen LogP contribution < -0.4 is 16.2 Å². The van der Waals surface area contributed by atoms with E-state index in [9.17, 15) is 14.4 Å². The summed E-state index contributed by atoms with van der Waals surface area (Å²) in [7, 11) is 3.22. The fourth-order valence-corrected chi connectivity index (χ4v) is 3.56. The predicted molar refractivity (Wildman–Crippen MR) is 104 cm³/mol. The molecule has 3 N–H and O–H groups in total. The maximum Gasteiger partial charge on any atom is 0.251 e. The summed E-state index contributed by atoms with van der Waals surface area (Å²) < 4.78 is 6.91. The Morgan fingerprint density at radius 2 is 2.21 bits per heavy atom. The zero-order chi connectivity index (χ0) is 20.8. The fraction of sp³-hybridized carbons (Fsp3) is 0.526. The molecule has 3 atom stereocenters. The SMILES string of the molecule is CO[C@@H]1CC[C@H](C(=O)NCCc2cn[nH]n2)C[C@H]1NC(=O)c1ccn(C)c(=O)c1. The van der Waals surface area contributed by atoms with Crippen molar-refractivity contribution < 1.29 is 14.3 Å². The second-order valence-corrected chi connectivity index (χ2v) is 7.23. The summed E-state index contributed by atoms with van der Waals surface area (Å²) in [6, 6.07) is 2.58. The number of aromatic amines is 1. The molecule has 0 spiro atoms. The molecule has 1 aliphatic rings. The first-order chi connectivity index (χ1) is 14.0. The minimum atomic E-state index is -0.346. The van der Waals surface area contributed by atoms with Gasteiger partial charge in [0, 0.05) is 50.9 Å². The van der Waals surface area contributed by atoms with E-state index in [0.29, 0.717) is 37.8 Å². The van der Waals surface area contributed by atoms with E-state index in [1.165, 1.54) is 10.6 Å².